The number of hydrogen-bond donors (Lipinski definition) is 1. The van der Waals surface area contributed by atoms with Gasteiger partial charge in [-0.25, -0.2) is 0 Å². The van der Waals surface area contributed by atoms with Crippen LogP contribution in [0.15, 0.2) is 58.7 Å². The molecule has 0 spiro atoms. The summed E-state index contributed by atoms with van der Waals surface area (Å²) in [6.07, 6.45) is 7.60. The Balaban J connectivity index is 1.65. The minimum Gasteiger partial charge on any atom is -0.508 e. The maximum atomic E-state index is 13.6. The summed E-state index contributed by atoms with van der Waals surface area (Å²) in [5, 5.41) is 10.6. The molecule has 0 aliphatic carbocycles. The Morgan fingerprint density at radius 1 is 1.21 bits per heavy atom. The molecule has 0 radical (unpaired) electrons. The van der Waals surface area contributed by atoms with E-state index < -0.39 is 0 Å². The quantitative estimate of drug-likeness (QED) is 0.460. The lowest BCUT2D eigenvalue weighted by molar-refractivity contribution is 0.0806. The number of benzene rings is 2. The third-order valence-electron chi connectivity index (χ3n) is 5.76. The summed E-state index contributed by atoms with van der Waals surface area (Å²) in [4.78, 5) is 20.0. The summed E-state index contributed by atoms with van der Waals surface area (Å²) >= 11 is 3.41. The second-order valence-corrected chi connectivity index (χ2v) is 8.71. The summed E-state index contributed by atoms with van der Waals surface area (Å²) in [5.41, 5.74) is 4.93. The van der Waals surface area contributed by atoms with Crippen LogP contribution in [0, 0.1) is 0 Å². The van der Waals surface area contributed by atoms with Gasteiger partial charge >= 0.3 is 0 Å². The van der Waals surface area contributed by atoms with Crippen molar-refractivity contribution in [2.45, 2.75) is 44.7 Å². The SMILES string of the molecule is CC/C=C\C1=C(C)CC2C=Nc3cc(OCc4cc(O)cc(CBr)c4)c(OC)cc3C(=O)N12. The van der Waals surface area contributed by atoms with Gasteiger partial charge in [0.25, 0.3) is 5.91 Å². The van der Waals surface area contributed by atoms with Gasteiger partial charge in [0, 0.05) is 23.3 Å². The average Bonchev–Trinajstić information content (AvgIpc) is 3.06. The average molecular weight is 511 g/mol. The number of halogens is 1. The normalized spacial score (nSPS) is 17.4. The van der Waals surface area contributed by atoms with Gasteiger partial charge in [0.05, 0.1) is 24.4 Å². The standard InChI is InChI=1S/C26H27BrN2O4/c1-4-5-6-23-16(2)7-19-14-28-22-12-25(24(32-3)11-21(22)26(31)29(19)23)33-15-18-8-17(13-27)9-20(30)10-18/h5-6,8-12,14,19,30H,4,7,13,15H2,1-3H3/b6-5-. The molecule has 2 aliphatic rings. The van der Waals surface area contributed by atoms with Gasteiger partial charge in [-0.1, -0.05) is 35.0 Å². The first-order valence-electron chi connectivity index (χ1n) is 10.9. The number of nitrogens with zero attached hydrogens (tertiary/aromatic N) is 2. The molecule has 1 atom stereocenters. The van der Waals surface area contributed by atoms with Crippen molar-refractivity contribution in [1.29, 1.82) is 0 Å². The second-order valence-electron chi connectivity index (χ2n) is 8.15. The van der Waals surface area contributed by atoms with Crippen molar-refractivity contribution in [3.05, 3.63) is 70.4 Å². The molecule has 1 N–H and O–H groups in total. The van der Waals surface area contributed by atoms with Crippen molar-refractivity contribution in [2.24, 2.45) is 4.99 Å². The smallest absolute Gasteiger partial charge is 0.261 e. The molecule has 2 aliphatic heterocycles. The van der Waals surface area contributed by atoms with Gasteiger partial charge < -0.3 is 14.6 Å². The number of aliphatic imine (C=N–C) groups is 1. The Labute approximate surface area is 202 Å². The molecule has 6 nitrogen and oxygen atoms in total. The van der Waals surface area contributed by atoms with Gasteiger partial charge in [0.2, 0.25) is 0 Å². The van der Waals surface area contributed by atoms with E-state index in [4.69, 9.17) is 9.47 Å². The predicted molar refractivity (Wildman–Crippen MR) is 133 cm³/mol. The van der Waals surface area contributed by atoms with Crippen LogP contribution in [-0.2, 0) is 11.9 Å². The number of ether oxygens (including phenoxy) is 2. The van der Waals surface area contributed by atoms with E-state index in [1.54, 1.807) is 31.4 Å². The number of phenols is 1. The van der Waals surface area contributed by atoms with Crippen molar-refractivity contribution < 1.29 is 19.4 Å². The number of carbonyl (C=O) groups excluding carboxylic acids is 1. The Hall–Kier alpha value is -3.06. The first-order valence-corrected chi connectivity index (χ1v) is 12.0. The summed E-state index contributed by atoms with van der Waals surface area (Å²) in [6.45, 7) is 4.37. The molecular formula is C26H27BrN2O4. The van der Waals surface area contributed by atoms with Gasteiger partial charge in [-0.2, -0.15) is 0 Å². The number of methoxy groups -OCH3 is 1. The predicted octanol–water partition coefficient (Wildman–Crippen LogP) is 6.05. The fourth-order valence-electron chi connectivity index (χ4n) is 4.19. The van der Waals surface area contributed by atoms with Crippen molar-refractivity contribution in [3.8, 4) is 17.2 Å². The van der Waals surface area contributed by atoms with Crippen LogP contribution in [0.5, 0.6) is 17.2 Å². The maximum Gasteiger partial charge on any atom is 0.261 e. The molecule has 0 saturated carbocycles. The largest absolute Gasteiger partial charge is 0.508 e. The third kappa shape index (κ3) is 4.69. The Morgan fingerprint density at radius 3 is 2.73 bits per heavy atom. The highest BCUT2D eigenvalue weighted by Crippen LogP contribution is 2.40. The maximum absolute atomic E-state index is 13.6. The van der Waals surface area contributed by atoms with Crippen LogP contribution in [0.4, 0.5) is 5.69 Å². The molecule has 2 aromatic carbocycles. The fourth-order valence-corrected chi connectivity index (χ4v) is 4.51. The van der Waals surface area contributed by atoms with E-state index in [-0.39, 0.29) is 24.3 Å². The van der Waals surface area contributed by atoms with Crippen LogP contribution in [-0.4, -0.2) is 35.3 Å². The summed E-state index contributed by atoms with van der Waals surface area (Å²) in [7, 11) is 1.55. The molecule has 4 rings (SSSR count). The highest BCUT2D eigenvalue weighted by molar-refractivity contribution is 9.08. The second kappa shape index (κ2) is 9.83. The number of phenolic OH excluding ortho intramolecular Hbond substituents is 1. The summed E-state index contributed by atoms with van der Waals surface area (Å²) in [5.74, 6) is 1.04. The Morgan fingerprint density at radius 2 is 2.00 bits per heavy atom. The van der Waals surface area contributed by atoms with Crippen LogP contribution in [0.3, 0.4) is 0 Å². The van der Waals surface area contributed by atoms with Gasteiger partial charge in [-0.3, -0.25) is 14.7 Å². The highest BCUT2D eigenvalue weighted by Gasteiger charge is 2.36. The molecule has 33 heavy (non-hydrogen) atoms. The van der Waals surface area contributed by atoms with Crippen molar-refractivity contribution in [2.75, 3.05) is 7.11 Å². The zero-order chi connectivity index (χ0) is 23.5. The van der Waals surface area contributed by atoms with E-state index in [1.807, 2.05) is 23.3 Å². The first kappa shape index (κ1) is 23.1. The van der Waals surface area contributed by atoms with Crippen molar-refractivity contribution in [3.63, 3.8) is 0 Å². The molecule has 7 heteroatoms. The molecule has 172 valence electrons. The highest BCUT2D eigenvalue weighted by atomic mass is 79.9. The topological polar surface area (TPSA) is 71.4 Å². The van der Waals surface area contributed by atoms with Crippen LogP contribution in [0.2, 0.25) is 0 Å². The fraction of sp³-hybridized carbons (Fsp3) is 0.308. The van der Waals surface area contributed by atoms with E-state index in [1.165, 1.54) is 5.57 Å². The van der Waals surface area contributed by atoms with Gasteiger partial charge in [-0.15, -0.1) is 0 Å². The summed E-state index contributed by atoms with van der Waals surface area (Å²) in [6, 6.07) is 8.67. The van der Waals surface area contributed by atoms with Crippen molar-refractivity contribution >= 4 is 33.7 Å². The molecule has 0 saturated heterocycles. The zero-order valence-corrected chi connectivity index (χ0v) is 20.6. The van der Waals surface area contributed by atoms with Crippen molar-refractivity contribution in [1.82, 2.24) is 4.90 Å². The van der Waals surface area contributed by atoms with E-state index in [0.717, 1.165) is 29.7 Å². The van der Waals surface area contributed by atoms with Gasteiger partial charge in [-0.05, 0) is 60.7 Å². The molecule has 2 heterocycles. The minimum atomic E-state index is -0.105. The van der Waals surface area contributed by atoms with Crippen LogP contribution in [0.1, 0.15) is 48.2 Å². The van der Waals surface area contributed by atoms with E-state index in [9.17, 15) is 9.90 Å². The van der Waals surface area contributed by atoms with Crippen LogP contribution >= 0.6 is 15.9 Å². The van der Waals surface area contributed by atoms with Crippen LogP contribution < -0.4 is 9.47 Å². The molecule has 0 bridgehead atoms. The number of carbonyl (C=O) groups is 1. The summed E-state index contributed by atoms with van der Waals surface area (Å²) < 4.78 is 11.6. The van der Waals surface area contributed by atoms with E-state index >= 15 is 0 Å². The number of alkyl halides is 1. The number of fused-ring (bicyclic) bond motifs is 2. The number of hydrogen-bond acceptors (Lipinski definition) is 5. The molecule has 2 aromatic rings. The molecular weight excluding hydrogens is 484 g/mol. The Kier molecular flexibility index (Phi) is 6.88. The third-order valence-corrected chi connectivity index (χ3v) is 6.41. The van der Waals surface area contributed by atoms with E-state index in [0.29, 0.717) is 28.1 Å². The lowest BCUT2D eigenvalue weighted by Gasteiger charge is -2.23. The van der Waals surface area contributed by atoms with Gasteiger partial charge in [0.15, 0.2) is 11.5 Å². The monoisotopic (exact) mass is 510 g/mol. The lowest BCUT2D eigenvalue weighted by atomic mass is 10.1. The number of amides is 1. The molecule has 1 unspecified atom stereocenters. The molecule has 1 amide bonds. The Bertz CT molecular complexity index is 1170. The first-order chi connectivity index (χ1) is 15.9. The molecule has 0 fully saturated rings. The minimum absolute atomic E-state index is 0.0973. The zero-order valence-electron chi connectivity index (χ0n) is 19.0. The lowest BCUT2D eigenvalue weighted by Crippen LogP contribution is -2.35. The van der Waals surface area contributed by atoms with E-state index in [2.05, 4.69) is 40.8 Å². The van der Waals surface area contributed by atoms with Crippen LogP contribution in [0.25, 0.3) is 0 Å². The molecule has 0 aromatic heterocycles. The number of allylic oxidation sites excluding steroid dienone is 2. The van der Waals surface area contributed by atoms with Gasteiger partial charge in [0.1, 0.15) is 12.4 Å². The number of rotatable bonds is 7. The number of aromatic hydroxyl groups is 1.